The van der Waals surface area contributed by atoms with Crippen LogP contribution in [0.5, 0.6) is 0 Å². The second-order valence-electron chi connectivity index (χ2n) is 7.14. The van der Waals surface area contributed by atoms with Gasteiger partial charge in [-0.3, -0.25) is 4.79 Å². The molecule has 7 heteroatoms. The number of guanidine groups is 1. The summed E-state index contributed by atoms with van der Waals surface area (Å²) in [5.74, 6) is 0.877. The molecule has 2 aliphatic heterocycles. The van der Waals surface area contributed by atoms with Gasteiger partial charge in [-0.2, -0.15) is 0 Å². The lowest BCUT2D eigenvalue weighted by Crippen LogP contribution is -2.42. The quantitative estimate of drug-likeness (QED) is 0.654. The minimum absolute atomic E-state index is 0.0235. The maximum atomic E-state index is 11.9. The molecular formula is C18H28N4O2S. The fourth-order valence-corrected chi connectivity index (χ4v) is 4.10. The number of nitrogens with zero attached hydrogens (tertiary/aromatic N) is 3. The second kappa shape index (κ2) is 8.19. The molecule has 138 valence electrons. The van der Waals surface area contributed by atoms with Gasteiger partial charge in [0.1, 0.15) is 6.54 Å². The van der Waals surface area contributed by atoms with E-state index in [0.29, 0.717) is 5.41 Å². The summed E-state index contributed by atoms with van der Waals surface area (Å²) in [6, 6.07) is 4.17. The van der Waals surface area contributed by atoms with Gasteiger partial charge in [-0.25, -0.2) is 4.99 Å². The molecule has 2 saturated heterocycles. The Bertz CT molecular complexity index is 594. The summed E-state index contributed by atoms with van der Waals surface area (Å²) in [5.41, 5.74) is 0.356. The highest BCUT2D eigenvalue weighted by Crippen LogP contribution is 2.39. The molecule has 0 saturated carbocycles. The van der Waals surface area contributed by atoms with E-state index < -0.39 is 0 Å². The molecule has 0 aromatic carbocycles. The number of likely N-dealkylation sites (tertiary alicyclic amines) is 1. The molecule has 1 spiro atoms. The third-order valence-corrected chi connectivity index (χ3v) is 6.03. The SMILES string of the molecule is CN(C)C(=O)CN=C(NCc1cccs1)N1CCC2(CCOCC2)C1. The van der Waals surface area contributed by atoms with Gasteiger partial charge in [-0.15, -0.1) is 11.3 Å². The summed E-state index contributed by atoms with van der Waals surface area (Å²) in [5, 5.41) is 5.54. The average molecular weight is 365 g/mol. The number of aliphatic imine (C=N–C) groups is 1. The van der Waals surface area contributed by atoms with Crippen LogP contribution in [0.2, 0.25) is 0 Å². The van der Waals surface area contributed by atoms with Crippen LogP contribution in [0.15, 0.2) is 22.5 Å². The summed E-state index contributed by atoms with van der Waals surface area (Å²) < 4.78 is 5.54. The zero-order valence-electron chi connectivity index (χ0n) is 15.2. The number of likely N-dealkylation sites (N-methyl/N-ethyl adjacent to an activating group) is 1. The number of rotatable bonds is 4. The van der Waals surface area contributed by atoms with Crippen LogP contribution in [-0.4, -0.2) is 68.6 Å². The predicted molar refractivity (Wildman–Crippen MR) is 101 cm³/mol. The molecule has 25 heavy (non-hydrogen) atoms. The molecular weight excluding hydrogens is 336 g/mol. The van der Waals surface area contributed by atoms with Gasteiger partial charge < -0.3 is 19.9 Å². The van der Waals surface area contributed by atoms with Gasteiger partial charge in [0, 0.05) is 45.3 Å². The highest BCUT2D eigenvalue weighted by atomic mass is 32.1. The van der Waals surface area contributed by atoms with Gasteiger partial charge in [0.25, 0.3) is 0 Å². The Hall–Kier alpha value is -1.60. The first-order valence-electron chi connectivity index (χ1n) is 8.92. The van der Waals surface area contributed by atoms with E-state index in [9.17, 15) is 4.79 Å². The standard InChI is InChI=1S/C18H28N4O2S/c1-21(2)16(23)13-20-17(19-12-15-4-3-11-25-15)22-8-5-18(14-22)6-9-24-10-7-18/h3-4,11H,5-10,12-14H2,1-2H3,(H,19,20). The monoisotopic (exact) mass is 364 g/mol. The Morgan fingerprint density at radius 1 is 1.40 bits per heavy atom. The third-order valence-electron chi connectivity index (χ3n) is 5.16. The number of carbonyl (C=O) groups excluding carboxylic acids is 1. The molecule has 0 aliphatic carbocycles. The van der Waals surface area contributed by atoms with E-state index in [1.54, 1.807) is 30.3 Å². The molecule has 1 aromatic rings. The lowest BCUT2D eigenvalue weighted by atomic mass is 9.80. The number of nitrogens with one attached hydrogen (secondary N) is 1. The van der Waals surface area contributed by atoms with Crippen molar-refractivity contribution in [2.24, 2.45) is 10.4 Å². The molecule has 0 bridgehead atoms. The molecule has 1 aromatic heterocycles. The largest absolute Gasteiger partial charge is 0.381 e. The zero-order chi connectivity index (χ0) is 17.7. The van der Waals surface area contributed by atoms with Crippen LogP contribution in [0.3, 0.4) is 0 Å². The van der Waals surface area contributed by atoms with Gasteiger partial charge in [0.2, 0.25) is 5.91 Å². The van der Waals surface area contributed by atoms with E-state index in [1.807, 2.05) is 0 Å². The summed E-state index contributed by atoms with van der Waals surface area (Å²) in [6.07, 6.45) is 3.42. The van der Waals surface area contributed by atoms with Crippen molar-refractivity contribution >= 4 is 23.2 Å². The summed E-state index contributed by atoms with van der Waals surface area (Å²) in [6.45, 7) is 4.66. The van der Waals surface area contributed by atoms with Crippen LogP contribution in [0.4, 0.5) is 0 Å². The van der Waals surface area contributed by atoms with E-state index in [0.717, 1.165) is 51.6 Å². The average Bonchev–Trinajstić information content (AvgIpc) is 3.26. The van der Waals surface area contributed by atoms with Crippen molar-refractivity contribution < 1.29 is 9.53 Å². The third kappa shape index (κ3) is 4.73. The number of thiophene rings is 1. The van der Waals surface area contributed by atoms with E-state index in [-0.39, 0.29) is 12.5 Å². The molecule has 3 heterocycles. The van der Waals surface area contributed by atoms with Crippen LogP contribution in [0.25, 0.3) is 0 Å². The van der Waals surface area contributed by atoms with Crippen LogP contribution < -0.4 is 5.32 Å². The number of ether oxygens (including phenoxy) is 1. The fraction of sp³-hybridized carbons (Fsp3) is 0.667. The zero-order valence-corrected chi connectivity index (χ0v) is 16.0. The van der Waals surface area contributed by atoms with Gasteiger partial charge in [-0.1, -0.05) is 6.07 Å². The van der Waals surface area contributed by atoms with Gasteiger partial charge in [0.05, 0.1) is 6.54 Å². The minimum atomic E-state index is 0.0235. The van der Waals surface area contributed by atoms with Crippen molar-refractivity contribution in [3.8, 4) is 0 Å². The maximum absolute atomic E-state index is 11.9. The molecule has 1 amide bonds. The molecule has 2 aliphatic rings. The second-order valence-corrected chi connectivity index (χ2v) is 8.18. The molecule has 0 radical (unpaired) electrons. The first kappa shape index (κ1) is 18.2. The lowest BCUT2D eigenvalue weighted by Gasteiger charge is -2.33. The Kier molecular flexibility index (Phi) is 5.96. The van der Waals surface area contributed by atoms with E-state index in [2.05, 4.69) is 32.7 Å². The molecule has 0 unspecified atom stereocenters. The first-order valence-corrected chi connectivity index (χ1v) is 9.80. The molecule has 6 nitrogen and oxygen atoms in total. The van der Waals surface area contributed by atoms with Gasteiger partial charge >= 0.3 is 0 Å². The van der Waals surface area contributed by atoms with Crippen LogP contribution >= 0.6 is 11.3 Å². The summed E-state index contributed by atoms with van der Waals surface area (Å²) >= 11 is 1.73. The van der Waals surface area contributed by atoms with E-state index >= 15 is 0 Å². The van der Waals surface area contributed by atoms with Crippen molar-refractivity contribution in [1.29, 1.82) is 0 Å². The summed E-state index contributed by atoms with van der Waals surface area (Å²) in [7, 11) is 3.53. The smallest absolute Gasteiger partial charge is 0.243 e. The minimum Gasteiger partial charge on any atom is -0.381 e. The Labute approximate surface area is 153 Å². The Balaban J connectivity index is 1.66. The van der Waals surface area contributed by atoms with E-state index in [4.69, 9.17) is 4.74 Å². The van der Waals surface area contributed by atoms with Crippen molar-refractivity contribution in [1.82, 2.24) is 15.1 Å². The maximum Gasteiger partial charge on any atom is 0.243 e. The van der Waals surface area contributed by atoms with Gasteiger partial charge in [0.15, 0.2) is 5.96 Å². The molecule has 1 N–H and O–H groups in total. The molecule has 2 fully saturated rings. The first-order chi connectivity index (χ1) is 12.1. The van der Waals surface area contributed by atoms with Crippen molar-refractivity contribution in [2.75, 3.05) is 46.9 Å². The predicted octanol–water partition coefficient (Wildman–Crippen LogP) is 1.78. The highest BCUT2D eigenvalue weighted by molar-refractivity contribution is 7.09. The normalized spacial score (nSPS) is 20.1. The van der Waals surface area contributed by atoms with Crippen LogP contribution in [0, 0.1) is 5.41 Å². The number of amides is 1. The summed E-state index contributed by atoms with van der Waals surface area (Å²) in [4.78, 5) is 21.7. The fourth-order valence-electron chi connectivity index (χ4n) is 3.46. The van der Waals surface area contributed by atoms with Crippen LogP contribution in [-0.2, 0) is 16.1 Å². The number of hydrogen-bond donors (Lipinski definition) is 1. The Morgan fingerprint density at radius 3 is 2.88 bits per heavy atom. The van der Waals surface area contributed by atoms with Crippen molar-refractivity contribution in [3.63, 3.8) is 0 Å². The van der Waals surface area contributed by atoms with Crippen molar-refractivity contribution in [3.05, 3.63) is 22.4 Å². The Morgan fingerprint density at radius 2 is 2.20 bits per heavy atom. The highest BCUT2D eigenvalue weighted by Gasteiger charge is 2.40. The van der Waals surface area contributed by atoms with Gasteiger partial charge in [-0.05, 0) is 36.1 Å². The van der Waals surface area contributed by atoms with Crippen LogP contribution in [0.1, 0.15) is 24.1 Å². The number of carbonyl (C=O) groups is 1. The molecule has 3 rings (SSSR count). The number of hydrogen-bond acceptors (Lipinski definition) is 4. The van der Waals surface area contributed by atoms with Crippen molar-refractivity contribution in [2.45, 2.75) is 25.8 Å². The topological polar surface area (TPSA) is 57.2 Å². The molecule has 0 atom stereocenters. The van der Waals surface area contributed by atoms with E-state index in [1.165, 1.54) is 11.3 Å². The lowest BCUT2D eigenvalue weighted by molar-refractivity contribution is -0.127.